The SMILES string of the molecule is CC.CC.CN1CC(OC2CCN(CCN3CCNCC3)CC2)C1. The predicted molar refractivity (Wildman–Crippen MR) is 104 cm³/mol. The lowest BCUT2D eigenvalue weighted by atomic mass is 10.1. The molecule has 3 rings (SSSR count). The van der Waals surface area contributed by atoms with Crippen molar-refractivity contribution >= 4 is 0 Å². The third-order valence-corrected chi connectivity index (χ3v) is 4.89. The van der Waals surface area contributed by atoms with Crippen LogP contribution < -0.4 is 5.32 Å². The van der Waals surface area contributed by atoms with Gasteiger partial charge in [0.25, 0.3) is 0 Å². The lowest BCUT2D eigenvalue weighted by Crippen LogP contribution is -2.52. The number of ether oxygens (including phenoxy) is 1. The van der Waals surface area contributed by atoms with Gasteiger partial charge in [-0.15, -0.1) is 0 Å². The fourth-order valence-electron chi connectivity index (χ4n) is 3.49. The number of piperidine rings is 1. The van der Waals surface area contributed by atoms with Crippen molar-refractivity contribution in [2.75, 3.05) is 72.5 Å². The Bertz CT molecular complexity index is 283. The van der Waals surface area contributed by atoms with Crippen molar-refractivity contribution < 1.29 is 4.74 Å². The van der Waals surface area contributed by atoms with Crippen LogP contribution in [0.4, 0.5) is 0 Å². The van der Waals surface area contributed by atoms with Gasteiger partial charge in [-0.1, -0.05) is 27.7 Å². The molecule has 3 heterocycles. The molecule has 24 heavy (non-hydrogen) atoms. The van der Waals surface area contributed by atoms with Gasteiger partial charge in [-0.3, -0.25) is 4.90 Å². The average molecular weight is 343 g/mol. The molecule has 0 saturated carbocycles. The van der Waals surface area contributed by atoms with Gasteiger partial charge in [-0.2, -0.15) is 0 Å². The first-order valence-electron chi connectivity index (χ1n) is 10.3. The van der Waals surface area contributed by atoms with Gasteiger partial charge >= 0.3 is 0 Å². The summed E-state index contributed by atoms with van der Waals surface area (Å²) in [6.07, 6.45) is 3.48. The summed E-state index contributed by atoms with van der Waals surface area (Å²) in [5, 5.41) is 3.42. The molecule has 5 nitrogen and oxygen atoms in total. The van der Waals surface area contributed by atoms with Crippen LogP contribution in [0.15, 0.2) is 0 Å². The maximum atomic E-state index is 6.15. The van der Waals surface area contributed by atoms with Gasteiger partial charge in [-0.25, -0.2) is 0 Å². The first-order chi connectivity index (χ1) is 11.8. The largest absolute Gasteiger partial charge is 0.372 e. The monoisotopic (exact) mass is 342 g/mol. The van der Waals surface area contributed by atoms with Crippen molar-refractivity contribution in [2.45, 2.75) is 52.7 Å². The van der Waals surface area contributed by atoms with Crippen LogP contribution >= 0.6 is 0 Å². The molecule has 0 unspecified atom stereocenters. The fraction of sp³-hybridized carbons (Fsp3) is 1.00. The van der Waals surface area contributed by atoms with E-state index < -0.39 is 0 Å². The third kappa shape index (κ3) is 7.79. The highest BCUT2D eigenvalue weighted by atomic mass is 16.5. The minimum absolute atomic E-state index is 0.511. The highest BCUT2D eigenvalue weighted by molar-refractivity contribution is 4.81. The van der Waals surface area contributed by atoms with Crippen LogP contribution in [-0.4, -0.2) is 99.4 Å². The summed E-state index contributed by atoms with van der Waals surface area (Å²) in [7, 11) is 2.17. The topological polar surface area (TPSA) is 31.0 Å². The van der Waals surface area contributed by atoms with E-state index in [4.69, 9.17) is 4.74 Å². The van der Waals surface area contributed by atoms with E-state index in [-0.39, 0.29) is 0 Å². The first-order valence-corrected chi connectivity index (χ1v) is 10.3. The Balaban J connectivity index is 0.000000671. The number of hydrogen-bond acceptors (Lipinski definition) is 5. The van der Waals surface area contributed by atoms with Gasteiger partial charge in [0.05, 0.1) is 12.2 Å². The highest BCUT2D eigenvalue weighted by Gasteiger charge is 2.28. The van der Waals surface area contributed by atoms with Crippen molar-refractivity contribution in [1.29, 1.82) is 0 Å². The van der Waals surface area contributed by atoms with E-state index in [0.717, 1.165) is 26.2 Å². The van der Waals surface area contributed by atoms with Gasteiger partial charge in [-0.05, 0) is 19.9 Å². The Morgan fingerprint density at radius 2 is 1.29 bits per heavy atom. The highest BCUT2D eigenvalue weighted by Crippen LogP contribution is 2.19. The number of nitrogens with zero attached hydrogens (tertiary/aromatic N) is 3. The van der Waals surface area contributed by atoms with Gasteiger partial charge < -0.3 is 19.9 Å². The zero-order chi connectivity index (χ0) is 17.8. The van der Waals surface area contributed by atoms with Crippen molar-refractivity contribution in [3.05, 3.63) is 0 Å². The quantitative estimate of drug-likeness (QED) is 0.822. The van der Waals surface area contributed by atoms with Crippen molar-refractivity contribution in [3.63, 3.8) is 0 Å². The zero-order valence-electron chi connectivity index (χ0n) is 16.9. The van der Waals surface area contributed by atoms with E-state index in [2.05, 4.69) is 27.1 Å². The van der Waals surface area contributed by atoms with Gasteiger partial charge in [0, 0.05) is 65.4 Å². The molecule has 0 aromatic carbocycles. The molecular weight excluding hydrogens is 300 g/mol. The van der Waals surface area contributed by atoms with Crippen LogP contribution in [0.3, 0.4) is 0 Å². The summed E-state index contributed by atoms with van der Waals surface area (Å²) in [6, 6.07) is 0. The molecule has 0 aliphatic carbocycles. The van der Waals surface area contributed by atoms with E-state index in [1.807, 2.05) is 27.7 Å². The van der Waals surface area contributed by atoms with E-state index in [0.29, 0.717) is 12.2 Å². The Morgan fingerprint density at radius 1 is 0.792 bits per heavy atom. The number of rotatable bonds is 5. The van der Waals surface area contributed by atoms with Gasteiger partial charge in [0.2, 0.25) is 0 Å². The molecule has 3 saturated heterocycles. The van der Waals surface area contributed by atoms with Crippen LogP contribution in [0.1, 0.15) is 40.5 Å². The number of likely N-dealkylation sites (tertiary alicyclic amines) is 2. The summed E-state index contributed by atoms with van der Waals surface area (Å²) in [5.41, 5.74) is 0. The molecular formula is C19H42N4O. The summed E-state index contributed by atoms with van der Waals surface area (Å²) in [5.74, 6) is 0. The van der Waals surface area contributed by atoms with Crippen LogP contribution in [0.2, 0.25) is 0 Å². The smallest absolute Gasteiger partial charge is 0.0832 e. The molecule has 0 aromatic rings. The molecule has 3 aliphatic rings. The van der Waals surface area contributed by atoms with Gasteiger partial charge in [0.15, 0.2) is 0 Å². The Labute approximate surface area is 150 Å². The number of likely N-dealkylation sites (N-methyl/N-ethyl adjacent to an activating group) is 1. The van der Waals surface area contributed by atoms with E-state index in [9.17, 15) is 0 Å². The molecule has 0 spiro atoms. The molecule has 144 valence electrons. The average Bonchev–Trinajstić information content (AvgIpc) is 2.64. The molecule has 5 heteroatoms. The lowest BCUT2D eigenvalue weighted by Gasteiger charge is -2.40. The van der Waals surface area contributed by atoms with Crippen molar-refractivity contribution in [2.24, 2.45) is 0 Å². The van der Waals surface area contributed by atoms with E-state index >= 15 is 0 Å². The molecule has 0 atom stereocenters. The zero-order valence-corrected chi connectivity index (χ0v) is 16.9. The third-order valence-electron chi connectivity index (χ3n) is 4.89. The second-order valence-electron chi connectivity index (χ2n) is 6.61. The van der Waals surface area contributed by atoms with Crippen LogP contribution in [0, 0.1) is 0 Å². The number of piperazine rings is 1. The minimum atomic E-state index is 0.511. The van der Waals surface area contributed by atoms with E-state index in [1.54, 1.807) is 0 Å². The minimum Gasteiger partial charge on any atom is -0.372 e. The molecule has 0 radical (unpaired) electrons. The standard InChI is InChI=1S/C15H30N4O.2C2H6/c1-17-12-15(13-17)20-14-2-6-18(7-3-14)10-11-19-8-4-16-5-9-19;2*1-2/h14-16H,2-13H2,1H3;2*1-2H3. The summed E-state index contributed by atoms with van der Waals surface area (Å²) in [4.78, 5) is 7.53. The number of nitrogens with one attached hydrogen (secondary N) is 1. The van der Waals surface area contributed by atoms with Crippen LogP contribution in [0.25, 0.3) is 0 Å². The van der Waals surface area contributed by atoms with Crippen LogP contribution in [0.5, 0.6) is 0 Å². The Hall–Kier alpha value is -0.200. The molecule has 0 bridgehead atoms. The number of hydrogen-bond donors (Lipinski definition) is 1. The second kappa shape index (κ2) is 13.1. The maximum absolute atomic E-state index is 6.15. The second-order valence-corrected chi connectivity index (χ2v) is 6.61. The van der Waals surface area contributed by atoms with Gasteiger partial charge in [0.1, 0.15) is 0 Å². The predicted octanol–water partition coefficient (Wildman–Crippen LogP) is 1.74. The first kappa shape index (κ1) is 21.8. The normalized spacial score (nSPS) is 24.4. The van der Waals surface area contributed by atoms with Crippen molar-refractivity contribution in [1.82, 2.24) is 20.0 Å². The Morgan fingerprint density at radius 3 is 1.79 bits per heavy atom. The summed E-state index contributed by atoms with van der Waals surface area (Å²) < 4.78 is 6.15. The lowest BCUT2D eigenvalue weighted by molar-refractivity contribution is -0.100. The van der Waals surface area contributed by atoms with Crippen molar-refractivity contribution in [3.8, 4) is 0 Å². The molecule has 1 N–H and O–H groups in total. The van der Waals surface area contributed by atoms with E-state index in [1.165, 1.54) is 52.1 Å². The van der Waals surface area contributed by atoms with Crippen LogP contribution in [-0.2, 0) is 4.74 Å². The summed E-state index contributed by atoms with van der Waals surface area (Å²) >= 11 is 0. The molecule has 0 amide bonds. The molecule has 3 aliphatic heterocycles. The Kier molecular flexibility index (Phi) is 11.9. The molecule has 3 fully saturated rings. The molecule has 0 aromatic heterocycles. The summed E-state index contributed by atoms with van der Waals surface area (Å²) in [6.45, 7) is 19.9. The maximum Gasteiger partial charge on any atom is 0.0832 e. The fourth-order valence-corrected chi connectivity index (χ4v) is 3.49.